The number of benzene rings is 2. The van der Waals surface area contributed by atoms with Crippen molar-refractivity contribution in [2.45, 2.75) is 27.0 Å². The highest BCUT2D eigenvalue weighted by atomic mass is 32.1. The van der Waals surface area contributed by atoms with Crippen molar-refractivity contribution in [1.82, 2.24) is 9.88 Å². The van der Waals surface area contributed by atoms with Gasteiger partial charge >= 0.3 is 0 Å². The molecule has 0 aliphatic heterocycles. The van der Waals surface area contributed by atoms with E-state index in [0.717, 1.165) is 32.7 Å². The van der Waals surface area contributed by atoms with Gasteiger partial charge in [-0.25, -0.2) is 0 Å². The minimum atomic E-state index is -0.832. The number of hydrogen-bond acceptors (Lipinski definition) is 6. The van der Waals surface area contributed by atoms with Crippen molar-refractivity contribution in [3.05, 3.63) is 75.0 Å². The Balaban J connectivity index is 1.94. The molecule has 166 valence electrons. The number of nitrogens with one attached hydrogen (secondary N) is 1. The van der Waals surface area contributed by atoms with Crippen molar-refractivity contribution in [2.24, 2.45) is 7.05 Å². The lowest BCUT2D eigenvalue weighted by Crippen LogP contribution is -2.19. The third-order valence-corrected chi connectivity index (χ3v) is 6.67. The minimum Gasteiger partial charge on any atom is -0.456 e. The lowest BCUT2D eigenvalue weighted by Gasteiger charge is -2.16. The Morgan fingerprint density at radius 2 is 1.88 bits per heavy atom. The summed E-state index contributed by atoms with van der Waals surface area (Å²) in [5.74, 6) is 1.45. The zero-order chi connectivity index (χ0) is 23.0. The summed E-state index contributed by atoms with van der Waals surface area (Å²) in [7, 11) is 1.72. The van der Waals surface area contributed by atoms with Crippen LogP contribution in [0.4, 0.5) is 5.69 Å². The average Bonchev–Trinajstić information content (AvgIpc) is 3.20. The number of para-hydroxylation sites is 1. The first-order valence-corrected chi connectivity index (χ1v) is 11.3. The van der Waals surface area contributed by atoms with Crippen molar-refractivity contribution in [2.75, 3.05) is 12.3 Å². The molecule has 0 bridgehead atoms. The van der Waals surface area contributed by atoms with Gasteiger partial charge in [0.2, 0.25) is 0 Å². The van der Waals surface area contributed by atoms with E-state index in [1.54, 1.807) is 29.9 Å². The number of anilines is 1. The highest BCUT2D eigenvalue weighted by Crippen LogP contribution is 2.42. The third kappa shape index (κ3) is 4.02. The fraction of sp³-hybridized carbons (Fsp3) is 0.240. The van der Waals surface area contributed by atoms with Crippen LogP contribution in [0, 0.1) is 13.8 Å². The lowest BCUT2D eigenvalue weighted by atomic mass is 10.0. The number of nitrogens with two attached hydrogens (primary N) is 1. The quantitative estimate of drug-likeness (QED) is 0.289. The number of thiophene rings is 1. The van der Waals surface area contributed by atoms with E-state index < -0.39 is 6.23 Å². The number of rotatable bonds is 6. The summed E-state index contributed by atoms with van der Waals surface area (Å²) >= 11 is 1.39. The van der Waals surface area contributed by atoms with Gasteiger partial charge < -0.3 is 20.1 Å². The second kappa shape index (κ2) is 8.78. The van der Waals surface area contributed by atoms with Gasteiger partial charge in [-0.3, -0.25) is 10.1 Å². The molecule has 2 aromatic heterocycles. The Kier molecular flexibility index (Phi) is 6.06. The van der Waals surface area contributed by atoms with Gasteiger partial charge in [0.05, 0.1) is 5.39 Å². The molecule has 0 radical (unpaired) electrons. The Bertz CT molecular complexity index is 1340. The summed E-state index contributed by atoms with van der Waals surface area (Å²) in [5.41, 5.74) is 10.3. The van der Waals surface area contributed by atoms with E-state index in [2.05, 4.69) is 5.32 Å². The first-order valence-electron chi connectivity index (χ1n) is 10.5. The molecule has 4 aromatic rings. The highest BCUT2D eigenvalue weighted by Gasteiger charge is 2.20. The number of aryl methyl sites for hydroxylation is 3. The van der Waals surface area contributed by atoms with E-state index >= 15 is 0 Å². The van der Waals surface area contributed by atoms with Gasteiger partial charge in [0.25, 0.3) is 5.56 Å². The predicted octanol–water partition coefficient (Wildman–Crippen LogP) is 4.86. The van der Waals surface area contributed by atoms with Gasteiger partial charge in [-0.1, -0.05) is 25.1 Å². The average molecular weight is 450 g/mol. The second-order valence-corrected chi connectivity index (χ2v) is 8.97. The zero-order valence-electron chi connectivity index (χ0n) is 18.6. The van der Waals surface area contributed by atoms with Gasteiger partial charge in [-0.15, -0.1) is 11.3 Å². The number of pyridine rings is 1. The zero-order valence-corrected chi connectivity index (χ0v) is 19.4. The molecule has 0 fully saturated rings. The summed E-state index contributed by atoms with van der Waals surface area (Å²) in [6.07, 6.45) is 0.970. The second-order valence-electron chi connectivity index (χ2n) is 7.89. The van der Waals surface area contributed by atoms with E-state index in [1.165, 1.54) is 11.3 Å². The van der Waals surface area contributed by atoms with Crippen molar-refractivity contribution >= 4 is 27.1 Å². The molecule has 0 spiro atoms. The van der Waals surface area contributed by atoms with Crippen LogP contribution in [0.2, 0.25) is 0 Å². The summed E-state index contributed by atoms with van der Waals surface area (Å²) in [6, 6.07) is 13.3. The summed E-state index contributed by atoms with van der Waals surface area (Å²) in [5, 5.41) is 14.0. The number of nitrogen functional groups attached to an aromatic ring is 1. The molecule has 4 rings (SSSR count). The van der Waals surface area contributed by atoms with Crippen LogP contribution in [-0.4, -0.2) is 16.2 Å². The Morgan fingerprint density at radius 3 is 2.56 bits per heavy atom. The number of fused-ring (bicyclic) bond motifs is 1. The van der Waals surface area contributed by atoms with Crippen LogP contribution >= 0.6 is 11.3 Å². The normalized spacial score (nSPS) is 12.3. The summed E-state index contributed by atoms with van der Waals surface area (Å²) < 4.78 is 8.74. The molecule has 0 aliphatic carbocycles. The molecular formula is C25H27N3O3S. The monoisotopic (exact) mass is 449 g/mol. The summed E-state index contributed by atoms with van der Waals surface area (Å²) in [6.45, 7) is 6.56. The van der Waals surface area contributed by atoms with Crippen molar-refractivity contribution in [3.63, 3.8) is 0 Å². The van der Waals surface area contributed by atoms with E-state index in [4.69, 9.17) is 10.5 Å². The van der Waals surface area contributed by atoms with Crippen LogP contribution in [0.3, 0.4) is 0 Å². The smallest absolute Gasteiger partial charge is 0.259 e. The Hall–Kier alpha value is -3.13. The van der Waals surface area contributed by atoms with Gasteiger partial charge in [-0.05, 0) is 55.8 Å². The molecule has 32 heavy (non-hydrogen) atoms. The first-order chi connectivity index (χ1) is 15.3. The van der Waals surface area contributed by atoms with Crippen LogP contribution < -0.4 is 21.3 Å². The maximum Gasteiger partial charge on any atom is 0.259 e. The molecule has 1 unspecified atom stereocenters. The minimum absolute atomic E-state index is 0.115. The van der Waals surface area contributed by atoms with E-state index in [0.29, 0.717) is 28.2 Å². The maximum absolute atomic E-state index is 12.8. The van der Waals surface area contributed by atoms with Crippen LogP contribution in [-0.2, 0) is 7.05 Å². The number of hydrogen-bond donors (Lipinski definition) is 3. The molecule has 0 amide bonds. The predicted molar refractivity (Wildman–Crippen MR) is 132 cm³/mol. The molecule has 0 saturated carbocycles. The van der Waals surface area contributed by atoms with Crippen LogP contribution in [0.15, 0.2) is 53.5 Å². The fourth-order valence-corrected chi connectivity index (χ4v) is 4.94. The largest absolute Gasteiger partial charge is 0.456 e. The van der Waals surface area contributed by atoms with Crippen LogP contribution in [0.5, 0.6) is 11.5 Å². The first kappa shape index (κ1) is 22.1. The number of nitrogens with zero attached hydrogens (tertiary/aromatic N) is 1. The molecule has 0 aliphatic rings. The molecule has 1 atom stereocenters. The molecule has 4 N–H and O–H groups in total. The standard InChI is InChI=1S/C25H27N3O3S/c1-5-27-24(29)21-12-18-23(32-21)19(13-28(4)25(18)30)17-11-16(26)9-10-20(17)31-22-14(2)7-6-8-15(22)3/h6-13,24,27,29H,5,26H2,1-4H3. The lowest BCUT2D eigenvalue weighted by molar-refractivity contribution is 0.145. The van der Waals surface area contributed by atoms with E-state index in [1.807, 2.05) is 51.1 Å². The Morgan fingerprint density at radius 1 is 1.16 bits per heavy atom. The molecular weight excluding hydrogens is 422 g/mol. The topological polar surface area (TPSA) is 89.5 Å². The molecule has 2 heterocycles. The fourth-order valence-electron chi connectivity index (χ4n) is 3.81. The maximum atomic E-state index is 12.8. The number of ether oxygens (including phenoxy) is 1. The summed E-state index contributed by atoms with van der Waals surface area (Å²) in [4.78, 5) is 13.5. The van der Waals surface area contributed by atoms with E-state index in [-0.39, 0.29) is 5.56 Å². The van der Waals surface area contributed by atoms with Crippen molar-refractivity contribution in [1.29, 1.82) is 0 Å². The van der Waals surface area contributed by atoms with Gasteiger partial charge in [0.1, 0.15) is 17.7 Å². The van der Waals surface area contributed by atoms with Crippen LogP contribution in [0.25, 0.3) is 21.2 Å². The number of aromatic nitrogens is 1. The molecule has 2 aromatic carbocycles. The molecule has 6 nitrogen and oxygen atoms in total. The SMILES string of the molecule is CCNC(O)c1cc2c(=O)n(C)cc(-c3cc(N)ccc3Oc3c(C)cccc3C)c2s1. The van der Waals surface area contributed by atoms with Gasteiger partial charge in [0, 0.05) is 39.6 Å². The van der Waals surface area contributed by atoms with E-state index in [9.17, 15) is 9.90 Å². The van der Waals surface area contributed by atoms with Gasteiger partial charge in [-0.2, -0.15) is 0 Å². The number of aliphatic hydroxyl groups excluding tert-OH is 1. The van der Waals surface area contributed by atoms with Gasteiger partial charge in [0.15, 0.2) is 0 Å². The third-order valence-electron chi connectivity index (χ3n) is 5.45. The highest BCUT2D eigenvalue weighted by molar-refractivity contribution is 7.19. The molecule has 7 heteroatoms. The van der Waals surface area contributed by atoms with Crippen molar-refractivity contribution < 1.29 is 9.84 Å². The van der Waals surface area contributed by atoms with Crippen LogP contribution in [0.1, 0.15) is 29.2 Å². The van der Waals surface area contributed by atoms with Crippen molar-refractivity contribution in [3.8, 4) is 22.6 Å². The number of aliphatic hydroxyl groups is 1. The Labute approximate surface area is 190 Å². The molecule has 0 saturated heterocycles.